The number of likely N-dealkylation sites (tertiary alicyclic amines) is 1. The fraction of sp³-hybridized carbons (Fsp3) is 0.435. The average molecular weight is 480 g/mol. The van der Waals surface area contributed by atoms with E-state index in [1.165, 1.54) is 18.3 Å². The highest BCUT2D eigenvalue weighted by Crippen LogP contribution is 2.29. The summed E-state index contributed by atoms with van der Waals surface area (Å²) in [6.07, 6.45) is 0.835. The molecule has 0 aromatic carbocycles. The van der Waals surface area contributed by atoms with Gasteiger partial charge in [-0.05, 0) is 51.6 Å². The first-order chi connectivity index (χ1) is 15.8. The summed E-state index contributed by atoms with van der Waals surface area (Å²) >= 11 is 0. The highest BCUT2D eigenvalue weighted by atomic mass is 19.4. The molecule has 3 aromatic rings. The van der Waals surface area contributed by atoms with Crippen LogP contribution in [0.5, 0.6) is 0 Å². The largest absolute Gasteiger partial charge is 0.417 e. The van der Waals surface area contributed by atoms with Crippen molar-refractivity contribution in [3.8, 4) is 5.82 Å². The molecule has 0 radical (unpaired) electrons. The van der Waals surface area contributed by atoms with E-state index in [0.717, 1.165) is 31.8 Å². The van der Waals surface area contributed by atoms with Crippen molar-refractivity contribution in [1.29, 1.82) is 0 Å². The molecule has 0 bridgehead atoms. The predicted molar refractivity (Wildman–Crippen MR) is 121 cm³/mol. The van der Waals surface area contributed by atoms with Crippen molar-refractivity contribution in [1.82, 2.24) is 19.4 Å². The second kappa shape index (κ2) is 10.1. The molecule has 4 rings (SSSR count). The number of ether oxygens (including phenoxy) is 1. The molecule has 34 heavy (non-hydrogen) atoms. The van der Waals surface area contributed by atoms with Gasteiger partial charge >= 0.3 is 6.18 Å². The number of alkyl halides is 3. The Bertz CT molecular complexity index is 1120. The molecule has 4 heterocycles. The van der Waals surface area contributed by atoms with E-state index in [1.54, 1.807) is 30.7 Å². The first-order valence-electron chi connectivity index (χ1n) is 10.7. The smallest absolute Gasteiger partial charge is 0.388 e. The molecule has 0 aliphatic carbocycles. The Balaban J connectivity index is 0.000000229. The van der Waals surface area contributed by atoms with Crippen LogP contribution >= 0.6 is 0 Å². The van der Waals surface area contributed by atoms with E-state index in [-0.39, 0.29) is 5.69 Å². The summed E-state index contributed by atoms with van der Waals surface area (Å²) in [4.78, 5) is 21.1. The van der Waals surface area contributed by atoms with E-state index in [9.17, 15) is 23.1 Å². The Morgan fingerprint density at radius 1 is 1.24 bits per heavy atom. The summed E-state index contributed by atoms with van der Waals surface area (Å²) in [5.41, 5.74) is 4.31. The second-order valence-corrected chi connectivity index (χ2v) is 8.88. The molecule has 8 nitrogen and oxygen atoms in total. The normalized spacial score (nSPS) is 17.0. The summed E-state index contributed by atoms with van der Waals surface area (Å²) in [5, 5.41) is 10.1. The van der Waals surface area contributed by atoms with Crippen LogP contribution in [-0.4, -0.2) is 68.9 Å². The Labute approximate surface area is 195 Å². The number of amides is 1. The first-order valence-corrected chi connectivity index (χ1v) is 10.7. The molecule has 3 aromatic heterocycles. The van der Waals surface area contributed by atoms with E-state index in [0.29, 0.717) is 29.4 Å². The van der Waals surface area contributed by atoms with Gasteiger partial charge < -0.3 is 25.0 Å². The van der Waals surface area contributed by atoms with Crippen LogP contribution in [0.2, 0.25) is 0 Å². The summed E-state index contributed by atoms with van der Waals surface area (Å²) < 4.78 is 44.8. The van der Waals surface area contributed by atoms with Crippen LogP contribution in [0.15, 0.2) is 42.9 Å². The third kappa shape index (κ3) is 6.75. The van der Waals surface area contributed by atoms with Crippen molar-refractivity contribution in [2.75, 3.05) is 26.7 Å². The van der Waals surface area contributed by atoms with E-state index in [4.69, 9.17) is 10.5 Å². The molecular weight excluding hydrogens is 451 g/mol. The zero-order valence-electron chi connectivity index (χ0n) is 19.2. The van der Waals surface area contributed by atoms with Crippen molar-refractivity contribution in [2.45, 2.75) is 38.1 Å². The van der Waals surface area contributed by atoms with E-state index < -0.39 is 23.2 Å². The van der Waals surface area contributed by atoms with Crippen molar-refractivity contribution >= 4 is 16.8 Å². The predicted octanol–water partition coefficient (Wildman–Crippen LogP) is 3.02. The molecule has 1 amide bonds. The van der Waals surface area contributed by atoms with Gasteiger partial charge in [0.25, 0.3) is 5.91 Å². The zero-order chi connectivity index (χ0) is 25.1. The molecule has 3 N–H and O–H groups in total. The average Bonchev–Trinajstić information content (AvgIpc) is 3.37. The number of carbonyl (C=O) groups excluding carboxylic acids is 1. The minimum Gasteiger partial charge on any atom is -0.388 e. The van der Waals surface area contributed by atoms with Crippen molar-refractivity contribution in [3.63, 3.8) is 0 Å². The Morgan fingerprint density at radius 2 is 1.97 bits per heavy atom. The molecule has 1 unspecified atom stereocenters. The lowest BCUT2D eigenvalue weighted by atomic mass is 10.1. The number of nitrogens with zero attached hydrogens (tertiary/aromatic N) is 4. The number of rotatable bonds is 5. The molecule has 1 saturated heterocycles. The number of likely N-dealkylation sites (N-methyl/N-ethyl adjacent to an activating group) is 1. The van der Waals surface area contributed by atoms with E-state index >= 15 is 0 Å². The summed E-state index contributed by atoms with van der Waals surface area (Å²) in [6.45, 7) is 6.08. The minimum absolute atomic E-state index is 0.0689. The Hall–Kier alpha value is -3.02. The van der Waals surface area contributed by atoms with E-state index in [2.05, 4.69) is 21.9 Å². The van der Waals surface area contributed by atoms with Gasteiger partial charge in [0.2, 0.25) is 0 Å². The summed E-state index contributed by atoms with van der Waals surface area (Å²) in [5.74, 6) is -0.389. The third-order valence-electron chi connectivity index (χ3n) is 5.17. The zero-order valence-corrected chi connectivity index (χ0v) is 19.2. The number of hydrogen-bond acceptors (Lipinski definition) is 6. The lowest BCUT2D eigenvalue weighted by molar-refractivity contribution is -0.137. The maximum atomic E-state index is 12.6. The number of pyridine rings is 2. The van der Waals surface area contributed by atoms with Crippen LogP contribution in [-0.2, 0) is 10.9 Å². The van der Waals surface area contributed by atoms with Gasteiger partial charge in [0.05, 0.1) is 29.4 Å². The lowest BCUT2D eigenvalue weighted by Gasteiger charge is -2.20. The molecular formula is C23H28F3N5O3. The Kier molecular flexibility index (Phi) is 7.59. The van der Waals surface area contributed by atoms with Crippen molar-refractivity contribution < 1.29 is 27.8 Å². The lowest BCUT2D eigenvalue weighted by Crippen LogP contribution is -2.30. The van der Waals surface area contributed by atoms with Crippen LogP contribution < -0.4 is 5.73 Å². The van der Waals surface area contributed by atoms with Gasteiger partial charge in [0.15, 0.2) is 0 Å². The molecule has 11 heteroatoms. The topological polar surface area (TPSA) is 106 Å². The standard InChI is InChI=1S/C14H9F3N4O.C9H19NO2/c15-14(16,17)9-1-2-12(20-7-9)21-4-3-8-6-19-10(13(18)22)5-11(8)21;1-9(2,11)7-12-8-4-5-10(3)6-8/h1-7H,(H2,18,22);8,11H,4-7H2,1-3H3. The highest BCUT2D eigenvalue weighted by Gasteiger charge is 2.30. The fourth-order valence-electron chi connectivity index (χ4n) is 3.41. The van der Waals surface area contributed by atoms with Crippen LogP contribution in [0.3, 0.4) is 0 Å². The molecule has 1 aliphatic rings. The van der Waals surface area contributed by atoms with Crippen molar-refractivity contribution in [3.05, 3.63) is 54.1 Å². The van der Waals surface area contributed by atoms with Crippen LogP contribution in [0.25, 0.3) is 16.7 Å². The SMILES string of the molecule is CN1CCC(OCC(C)(C)O)C1.NC(=O)c1cc2c(ccn2-c2ccc(C(F)(F)F)cn2)cn1. The van der Waals surface area contributed by atoms with E-state index in [1.807, 2.05) is 0 Å². The van der Waals surface area contributed by atoms with Gasteiger partial charge in [-0.15, -0.1) is 0 Å². The molecule has 0 saturated carbocycles. The van der Waals surface area contributed by atoms with Crippen LogP contribution in [0.4, 0.5) is 13.2 Å². The number of fused-ring (bicyclic) bond motifs is 1. The quantitative estimate of drug-likeness (QED) is 0.583. The molecule has 0 spiro atoms. The number of hydrogen-bond donors (Lipinski definition) is 2. The van der Waals surface area contributed by atoms with Crippen molar-refractivity contribution in [2.24, 2.45) is 5.73 Å². The first kappa shape index (κ1) is 25.6. The highest BCUT2D eigenvalue weighted by molar-refractivity contribution is 5.94. The number of primary amides is 1. The molecule has 1 aliphatic heterocycles. The maximum absolute atomic E-state index is 12.6. The number of nitrogens with two attached hydrogens (primary N) is 1. The van der Waals surface area contributed by atoms with Gasteiger partial charge in [-0.3, -0.25) is 9.78 Å². The van der Waals surface area contributed by atoms with Gasteiger partial charge in [-0.25, -0.2) is 4.98 Å². The number of carbonyl (C=O) groups is 1. The molecule has 1 fully saturated rings. The number of aromatic nitrogens is 3. The minimum atomic E-state index is -4.44. The van der Waals surface area contributed by atoms with Gasteiger partial charge in [0.1, 0.15) is 11.5 Å². The number of aliphatic hydroxyl groups is 1. The van der Waals surface area contributed by atoms with Crippen LogP contribution in [0.1, 0.15) is 36.3 Å². The molecule has 1 atom stereocenters. The summed E-state index contributed by atoms with van der Waals surface area (Å²) in [6, 6.07) is 5.39. The Morgan fingerprint density at radius 3 is 2.50 bits per heavy atom. The van der Waals surface area contributed by atoms with Crippen LogP contribution in [0, 0.1) is 0 Å². The van der Waals surface area contributed by atoms with Gasteiger partial charge in [-0.2, -0.15) is 13.2 Å². The second-order valence-electron chi connectivity index (χ2n) is 8.88. The monoisotopic (exact) mass is 479 g/mol. The maximum Gasteiger partial charge on any atom is 0.417 e. The van der Waals surface area contributed by atoms with Gasteiger partial charge in [-0.1, -0.05) is 0 Å². The van der Waals surface area contributed by atoms with Gasteiger partial charge in [0, 0.05) is 37.1 Å². The molecule has 184 valence electrons. The fourth-order valence-corrected chi connectivity index (χ4v) is 3.41. The number of halogens is 3. The summed E-state index contributed by atoms with van der Waals surface area (Å²) in [7, 11) is 2.09. The third-order valence-corrected chi connectivity index (χ3v) is 5.17.